The minimum Gasteiger partial charge on any atom is -0.496 e. The van der Waals surface area contributed by atoms with Crippen molar-refractivity contribution >= 4 is 50.5 Å². The standard InChI is InChI=1S/C34H27ClN4O8S/c1-14-12-16-22(28(40)34(14)29(41)24-19(44-4)13-20(45-5)26(35)27(24)47-34)23(25-30(36-16)38(2)33(43)39(3)32(25)42)17-10-11-18(46-17)31-37-15-8-6-7-9-21(15)48-31/h6-11,13-14,23,36H,12H2,1-5H3/t14-,23-,34+/m1/s1. The summed E-state index contributed by atoms with van der Waals surface area (Å²) in [6.45, 7) is 1.73. The molecule has 12 nitrogen and oxygen atoms in total. The zero-order valence-electron chi connectivity index (χ0n) is 26.3. The van der Waals surface area contributed by atoms with Crippen molar-refractivity contribution in [1.82, 2.24) is 14.1 Å². The van der Waals surface area contributed by atoms with Crippen LogP contribution in [0.1, 0.15) is 40.9 Å². The molecule has 3 aromatic heterocycles. The van der Waals surface area contributed by atoms with Crippen molar-refractivity contribution in [3.63, 3.8) is 0 Å². The molecule has 14 heteroatoms. The fraction of sp³-hybridized carbons (Fsp3) is 0.265. The molecule has 5 heterocycles. The summed E-state index contributed by atoms with van der Waals surface area (Å²) < 4.78 is 27.0. The van der Waals surface area contributed by atoms with E-state index in [-0.39, 0.29) is 57.0 Å². The third kappa shape index (κ3) is 3.85. The molecule has 0 saturated carbocycles. The van der Waals surface area contributed by atoms with Gasteiger partial charge in [0.2, 0.25) is 17.2 Å². The summed E-state index contributed by atoms with van der Waals surface area (Å²) in [4.78, 5) is 61.3. The summed E-state index contributed by atoms with van der Waals surface area (Å²) in [5.41, 5.74) is -1.69. The van der Waals surface area contributed by atoms with Crippen molar-refractivity contribution in [2.45, 2.75) is 24.9 Å². The summed E-state index contributed by atoms with van der Waals surface area (Å²) in [6, 6.07) is 12.6. The van der Waals surface area contributed by atoms with E-state index in [1.807, 2.05) is 24.3 Å². The molecule has 244 valence electrons. The molecule has 3 aliphatic rings. The first-order chi connectivity index (χ1) is 23.0. The lowest BCUT2D eigenvalue weighted by Gasteiger charge is -2.42. The van der Waals surface area contributed by atoms with Crippen LogP contribution in [0.3, 0.4) is 0 Å². The largest absolute Gasteiger partial charge is 0.496 e. The van der Waals surface area contributed by atoms with E-state index in [0.717, 1.165) is 14.8 Å². The Bertz CT molecular complexity index is 2390. The van der Waals surface area contributed by atoms with Gasteiger partial charge in [0.05, 0.1) is 35.9 Å². The van der Waals surface area contributed by atoms with Crippen LogP contribution in [0.4, 0.5) is 5.82 Å². The van der Waals surface area contributed by atoms with Crippen molar-refractivity contribution in [2.75, 3.05) is 19.5 Å². The Balaban J connectivity index is 1.34. The van der Waals surface area contributed by atoms with Gasteiger partial charge in [0, 0.05) is 37.3 Å². The second-order valence-corrected chi connectivity index (χ2v) is 13.4. The molecular weight excluding hydrogens is 660 g/mol. The lowest BCUT2D eigenvalue weighted by molar-refractivity contribution is -0.130. The van der Waals surface area contributed by atoms with Crippen molar-refractivity contribution in [3.8, 4) is 28.0 Å². The third-order valence-corrected chi connectivity index (χ3v) is 10.9. The maximum atomic E-state index is 15.1. The number of nitrogens with one attached hydrogen (secondary N) is 1. The Morgan fingerprint density at radius 1 is 1.02 bits per heavy atom. The van der Waals surface area contributed by atoms with Crippen LogP contribution in [0, 0.1) is 5.92 Å². The van der Waals surface area contributed by atoms with E-state index in [2.05, 4.69) is 5.32 Å². The lowest BCUT2D eigenvalue weighted by atomic mass is 9.66. The number of carbonyl (C=O) groups excluding carboxylic acids is 2. The fourth-order valence-electron chi connectivity index (χ4n) is 7.07. The Morgan fingerprint density at radius 3 is 2.50 bits per heavy atom. The Morgan fingerprint density at radius 2 is 1.77 bits per heavy atom. The molecule has 0 unspecified atom stereocenters. The second-order valence-electron chi connectivity index (χ2n) is 12.0. The number of anilines is 1. The smallest absolute Gasteiger partial charge is 0.332 e. The van der Waals surface area contributed by atoms with Gasteiger partial charge in [-0.3, -0.25) is 23.5 Å². The highest BCUT2D eigenvalue weighted by atomic mass is 35.5. The van der Waals surface area contributed by atoms with Gasteiger partial charge in [0.1, 0.15) is 33.7 Å². The highest BCUT2D eigenvalue weighted by Crippen LogP contribution is 2.56. The number of halogens is 1. The summed E-state index contributed by atoms with van der Waals surface area (Å²) in [5.74, 6) is -1.82. The molecule has 0 saturated heterocycles. The number of fused-ring (bicyclic) bond motifs is 3. The minimum atomic E-state index is -2.03. The molecule has 3 atom stereocenters. The summed E-state index contributed by atoms with van der Waals surface area (Å²) in [6.07, 6.45) is 0.155. The number of rotatable bonds is 4. The Hall–Kier alpha value is -5.14. The monoisotopic (exact) mass is 686 g/mol. The molecule has 0 amide bonds. The average Bonchev–Trinajstić information content (AvgIpc) is 3.82. The van der Waals surface area contributed by atoms with Gasteiger partial charge in [0.25, 0.3) is 5.56 Å². The van der Waals surface area contributed by atoms with E-state index in [4.69, 9.17) is 35.2 Å². The Kier molecular flexibility index (Phi) is 6.56. The number of nitrogens with zero attached hydrogens (tertiary/aromatic N) is 3. The van der Waals surface area contributed by atoms with Crippen LogP contribution in [-0.2, 0) is 18.9 Å². The molecule has 8 rings (SSSR count). The van der Waals surface area contributed by atoms with E-state index >= 15 is 4.79 Å². The van der Waals surface area contributed by atoms with Crippen LogP contribution >= 0.6 is 22.9 Å². The third-order valence-electron chi connectivity index (χ3n) is 9.49. The number of thiazole rings is 1. The zero-order valence-corrected chi connectivity index (χ0v) is 27.9. The molecule has 5 aromatic rings. The van der Waals surface area contributed by atoms with Gasteiger partial charge in [-0.2, -0.15) is 0 Å². The van der Waals surface area contributed by atoms with E-state index in [1.165, 1.54) is 43.2 Å². The molecule has 48 heavy (non-hydrogen) atoms. The van der Waals surface area contributed by atoms with Gasteiger partial charge in [-0.1, -0.05) is 30.7 Å². The summed E-state index contributed by atoms with van der Waals surface area (Å²) in [5, 5.41) is 3.84. The van der Waals surface area contributed by atoms with Gasteiger partial charge in [-0.15, -0.1) is 11.3 Å². The van der Waals surface area contributed by atoms with Crippen LogP contribution in [0.15, 0.2) is 67.7 Å². The summed E-state index contributed by atoms with van der Waals surface area (Å²) >= 11 is 8.09. The van der Waals surface area contributed by atoms with Crippen molar-refractivity contribution in [1.29, 1.82) is 0 Å². The van der Waals surface area contributed by atoms with E-state index in [0.29, 0.717) is 16.5 Å². The number of aromatic nitrogens is 3. The molecular formula is C34H27ClN4O8S. The number of ether oxygens (including phenoxy) is 3. The van der Waals surface area contributed by atoms with Crippen LogP contribution < -0.4 is 30.8 Å². The molecule has 0 fully saturated rings. The van der Waals surface area contributed by atoms with Crippen molar-refractivity contribution in [2.24, 2.45) is 20.0 Å². The highest BCUT2D eigenvalue weighted by Gasteiger charge is 2.64. The molecule has 2 aliphatic heterocycles. The topological polar surface area (TPSA) is 144 Å². The quantitative estimate of drug-likeness (QED) is 0.255. The summed E-state index contributed by atoms with van der Waals surface area (Å²) in [7, 11) is 5.73. The van der Waals surface area contributed by atoms with Gasteiger partial charge >= 0.3 is 5.69 Å². The first kappa shape index (κ1) is 30.2. The van der Waals surface area contributed by atoms with Gasteiger partial charge < -0.3 is 23.9 Å². The van der Waals surface area contributed by atoms with Crippen LogP contribution in [0.5, 0.6) is 17.2 Å². The average molecular weight is 687 g/mol. The van der Waals surface area contributed by atoms with Crippen molar-refractivity contribution < 1.29 is 28.2 Å². The molecule has 0 bridgehead atoms. The van der Waals surface area contributed by atoms with Crippen LogP contribution in [0.25, 0.3) is 21.0 Å². The van der Waals surface area contributed by atoms with E-state index in [1.54, 1.807) is 26.1 Å². The van der Waals surface area contributed by atoms with Crippen LogP contribution in [0.2, 0.25) is 5.02 Å². The van der Waals surface area contributed by atoms with E-state index in [9.17, 15) is 14.4 Å². The predicted molar refractivity (Wildman–Crippen MR) is 178 cm³/mol. The molecule has 1 spiro atoms. The first-order valence-electron chi connectivity index (χ1n) is 15.0. The van der Waals surface area contributed by atoms with E-state index < -0.39 is 40.3 Å². The normalized spacial score (nSPS) is 21.2. The van der Waals surface area contributed by atoms with Crippen LogP contribution in [-0.4, -0.2) is 45.5 Å². The number of carbonyl (C=O) groups is 2. The number of furan rings is 1. The number of Topliss-reactive ketones (excluding diaryl/α,β-unsaturated/α-hetero) is 2. The second kappa shape index (κ2) is 10.4. The maximum Gasteiger partial charge on any atom is 0.332 e. The molecule has 2 aromatic carbocycles. The lowest BCUT2D eigenvalue weighted by Crippen LogP contribution is -2.58. The van der Waals surface area contributed by atoms with Gasteiger partial charge in [-0.05, 0) is 30.7 Å². The maximum absolute atomic E-state index is 15.1. The zero-order chi connectivity index (χ0) is 33.8. The number of para-hydroxylation sites is 1. The number of hydrogen-bond acceptors (Lipinski definition) is 11. The first-order valence-corrected chi connectivity index (χ1v) is 16.2. The number of hydrogen-bond donors (Lipinski definition) is 1. The minimum absolute atomic E-state index is 0.0164. The Labute approximate surface area is 281 Å². The molecule has 1 N–H and O–H groups in total. The van der Waals surface area contributed by atoms with Gasteiger partial charge in [0.15, 0.2) is 16.5 Å². The SMILES string of the molecule is COc1cc(OC)c2c(c1Cl)O[C@@]1(C(=O)C3=C(C[C@H]1C)Nc1c(c(=O)n(C)c(=O)n1C)[C@@H]3c1ccc(-c3nc4ccccc4s3)o1)C2=O. The number of methoxy groups -OCH3 is 2. The molecule has 0 radical (unpaired) electrons. The van der Waals surface area contributed by atoms with Gasteiger partial charge in [-0.25, -0.2) is 9.78 Å². The number of ketones is 2. The predicted octanol–water partition coefficient (Wildman–Crippen LogP) is 5.06. The number of benzene rings is 2. The molecule has 1 aliphatic carbocycles. The number of allylic oxidation sites excluding steroid dienone is 1. The fourth-order valence-corrected chi connectivity index (χ4v) is 8.27. The van der Waals surface area contributed by atoms with Crippen molar-refractivity contribution in [3.05, 3.63) is 96.5 Å². The highest BCUT2D eigenvalue weighted by molar-refractivity contribution is 7.21.